The summed E-state index contributed by atoms with van der Waals surface area (Å²) in [6.45, 7) is 19.4. The van der Waals surface area contributed by atoms with Gasteiger partial charge < -0.3 is 19.3 Å². The van der Waals surface area contributed by atoms with Gasteiger partial charge in [-0.05, 0) is 73.2 Å². The third-order valence-corrected chi connectivity index (χ3v) is 6.72. The smallest absolute Gasteiger partial charge is 0.127 e. The summed E-state index contributed by atoms with van der Waals surface area (Å²) in [5, 5.41) is 9.52. The molecule has 36 heavy (non-hydrogen) atoms. The fraction of sp³-hybridized carbons (Fsp3) is 0.355. The second-order valence-corrected chi connectivity index (χ2v) is 9.39. The first-order valence-corrected chi connectivity index (χ1v) is 12.3. The zero-order valence-corrected chi connectivity index (χ0v) is 22.3. The number of methoxy groups -OCH3 is 1. The number of hydrogen-bond donors (Lipinski definition) is 1. The Bertz CT molecular complexity index is 1160. The summed E-state index contributed by atoms with van der Waals surface area (Å²) in [4.78, 5) is 2.19. The van der Waals surface area contributed by atoms with Crippen LogP contribution in [0.15, 0.2) is 78.6 Å². The third kappa shape index (κ3) is 6.90. The van der Waals surface area contributed by atoms with Gasteiger partial charge in [0.25, 0.3) is 0 Å². The second kappa shape index (κ2) is 12.6. The van der Waals surface area contributed by atoms with Gasteiger partial charge in [0.2, 0.25) is 0 Å². The van der Waals surface area contributed by atoms with E-state index >= 15 is 0 Å². The minimum Gasteiger partial charge on any atom is -0.496 e. The van der Waals surface area contributed by atoms with Crippen LogP contribution >= 0.6 is 0 Å². The van der Waals surface area contributed by atoms with Crippen LogP contribution in [0.4, 0.5) is 0 Å². The number of aliphatic hydroxyl groups excluding tert-OH is 1. The van der Waals surface area contributed by atoms with Gasteiger partial charge in [0.15, 0.2) is 0 Å². The Labute approximate surface area is 216 Å². The standard InChI is InChI=1S/C31H39NO4/c1-8-10-22(3)35-20-27-11-9-12-30(25(27)6)24(5)23(4)21(2)19-36-29-14-13-26(31(15-29)34-7)16-32-17-28(33)18-32/h8-15,28,33H,1,5,16-20H2,2-4,6-7H3/b22-10+,23-21+. The van der Waals surface area contributed by atoms with Crippen molar-refractivity contribution < 1.29 is 19.3 Å². The summed E-state index contributed by atoms with van der Waals surface area (Å²) >= 11 is 0. The minimum absolute atomic E-state index is 0.213. The van der Waals surface area contributed by atoms with Crippen LogP contribution in [-0.4, -0.2) is 42.9 Å². The van der Waals surface area contributed by atoms with Crippen LogP contribution < -0.4 is 9.47 Å². The zero-order chi connectivity index (χ0) is 26.2. The van der Waals surface area contributed by atoms with E-state index in [0.29, 0.717) is 26.3 Å². The summed E-state index contributed by atoms with van der Waals surface area (Å²) in [5.74, 6) is 2.39. The van der Waals surface area contributed by atoms with E-state index in [1.165, 1.54) is 0 Å². The Morgan fingerprint density at radius 3 is 2.56 bits per heavy atom. The molecule has 0 aromatic heterocycles. The number of ether oxygens (including phenoxy) is 3. The molecule has 1 aliphatic heterocycles. The van der Waals surface area contributed by atoms with E-state index in [1.807, 2.05) is 37.3 Å². The van der Waals surface area contributed by atoms with E-state index in [9.17, 15) is 5.11 Å². The molecule has 1 saturated heterocycles. The highest BCUT2D eigenvalue weighted by Crippen LogP contribution is 2.30. The Balaban J connectivity index is 1.67. The molecule has 0 amide bonds. The molecule has 5 nitrogen and oxygen atoms in total. The third-order valence-electron chi connectivity index (χ3n) is 6.72. The lowest BCUT2D eigenvalue weighted by Gasteiger charge is -2.36. The van der Waals surface area contributed by atoms with Gasteiger partial charge in [-0.15, -0.1) is 0 Å². The number of aliphatic hydroxyl groups is 1. The predicted octanol–water partition coefficient (Wildman–Crippen LogP) is 6.22. The number of nitrogens with zero attached hydrogens (tertiary/aromatic N) is 1. The topological polar surface area (TPSA) is 51.2 Å². The van der Waals surface area contributed by atoms with Crippen LogP contribution in [-0.2, 0) is 17.9 Å². The van der Waals surface area contributed by atoms with Gasteiger partial charge in [-0.25, -0.2) is 0 Å². The number of likely N-dealkylation sites (tertiary alicyclic amines) is 1. The molecule has 5 heteroatoms. The molecule has 2 aromatic rings. The van der Waals surface area contributed by atoms with Gasteiger partial charge in [0.05, 0.1) is 19.0 Å². The van der Waals surface area contributed by atoms with E-state index in [4.69, 9.17) is 14.2 Å². The number of allylic oxidation sites excluding steroid dienone is 5. The highest BCUT2D eigenvalue weighted by atomic mass is 16.5. The molecular weight excluding hydrogens is 450 g/mol. The molecule has 1 aliphatic rings. The second-order valence-electron chi connectivity index (χ2n) is 9.39. The Morgan fingerprint density at radius 2 is 1.89 bits per heavy atom. The fourth-order valence-corrected chi connectivity index (χ4v) is 4.19. The molecule has 2 aromatic carbocycles. The lowest BCUT2D eigenvalue weighted by molar-refractivity contribution is -0.00322. The van der Waals surface area contributed by atoms with Gasteiger partial charge in [-0.3, -0.25) is 4.90 Å². The number of rotatable bonds is 12. The highest BCUT2D eigenvalue weighted by Gasteiger charge is 2.25. The van der Waals surface area contributed by atoms with Gasteiger partial charge in [-0.1, -0.05) is 43.5 Å². The highest BCUT2D eigenvalue weighted by molar-refractivity contribution is 5.79. The molecule has 1 fully saturated rings. The fourth-order valence-electron chi connectivity index (χ4n) is 4.19. The van der Waals surface area contributed by atoms with Crippen molar-refractivity contribution in [3.63, 3.8) is 0 Å². The molecule has 1 N–H and O–H groups in total. The van der Waals surface area contributed by atoms with Crippen LogP contribution in [0.25, 0.3) is 5.57 Å². The first-order chi connectivity index (χ1) is 17.2. The largest absolute Gasteiger partial charge is 0.496 e. The maximum absolute atomic E-state index is 9.52. The van der Waals surface area contributed by atoms with Crippen LogP contribution in [0.3, 0.4) is 0 Å². The molecule has 0 unspecified atom stereocenters. The van der Waals surface area contributed by atoms with Gasteiger partial charge in [-0.2, -0.15) is 0 Å². The van der Waals surface area contributed by atoms with Crippen molar-refractivity contribution in [3.8, 4) is 11.5 Å². The SMILES string of the molecule is C=C/C=C(\C)OCc1cccc(C(=C)/C(C)=C(\C)COc2ccc(CN3CC(O)C3)c(OC)c2)c1C. The lowest BCUT2D eigenvalue weighted by atomic mass is 9.92. The maximum Gasteiger partial charge on any atom is 0.127 e. The van der Waals surface area contributed by atoms with Crippen LogP contribution in [0.2, 0.25) is 0 Å². The first kappa shape index (κ1) is 27.3. The zero-order valence-electron chi connectivity index (χ0n) is 22.3. The monoisotopic (exact) mass is 489 g/mol. The van der Waals surface area contributed by atoms with Crippen LogP contribution in [0, 0.1) is 6.92 Å². The average molecular weight is 490 g/mol. The summed E-state index contributed by atoms with van der Waals surface area (Å²) < 4.78 is 17.5. The molecule has 192 valence electrons. The molecule has 0 radical (unpaired) electrons. The van der Waals surface area contributed by atoms with Crippen molar-refractivity contribution in [2.24, 2.45) is 0 Å². The number of β-amino-alcohol motifs (C(OH)–C–C–N with tert-alkyl or cyclic N) is 1. The molecule has 0 aliphatic carbocycles. The van der Waals surface area contributed by atoms with Gasteiger partial charge in [0, 0.05) is 31.3 Å². The molecular formula is C31H39NO4. The number of benzene rings is 2. The minimum atomic E-state index is -0.213. The quantitative estimate of drug-likeness (QED) is 0.284. The molecule has 3 rings (SSSR count). The van der Waals surface area contributed by atoms with E-state index in [-0.39, 0.29) is 6.10 Å². The Morgan fingerprint density at radius 1 is 1.14 bits per heavy atom. The maximum atomic E-state index is 9.52. The lowest BCUT2D eigenvalue weighted by Crippen LogP contribution is -2.49. The molecule has 0 saturated carbocycles. The summed E-state index contributed by atoms with van der Waals surface area (Å²) in [6.07, 6.45) is 3.37. The van der Waals surface area contributed by atoms with E-state index in [0.717, 1.165) is 62.8 Å². The molecule has 1 heterocycles. The number of hydrogen-bond acceptors (Lipinski definition) is 5. The Kier molecular flexibility index (Phi) is 9.57. The van der Waals surface area contributed by atoms with Crippen molar-refractivity contribution >= 4 is 5.57 Å². The van der Waals surface area contributed by atoms with E-state index < -0.39 is 0 Å². The van der Waals surface area contributed by atoms with Crippen molar-refractivity contribution in [2.45, 2.75) is 47.0 Å². The van der Waals surface area contributed by atoms with E-state index in [1.54, 1.807) is 13.2 Å². The first-order valence-electron chi connectivity index (χ1n) is 12.3. The Hall–Kier alpha value is -3.28. The van der Waals surface area contributed by atoms with Gasteiger partial charge >= 0.3 is 0 Å². The summed E-state index contributed by atoms with van der Waals surface area (Å²) in [5.41, 5.74) is 7.70. The summed E-state index contributed by atoms with van der Waals surface area (Å²) in [6, 6.07) is 12.2. The average Bonchev–Trinajstić information content (AvgIpc) is 2.85. The summed E-state index contributed by atoms with van der Waals surface area (Å²) in [7, 11) is 1.67. The molecule has 0 atom stereocenters. The van der Waals surface area contributed by atoms with Crippen molar-refractivity contribution in [2.75, 3.05) is 26.8 Å². The van der Waals surface area contributed by atoms with Gasteiger partial charge in [0.1, 0.15) is 24.7 Å². The predicted molar refractivity (Wildman–Crippen MR) is 147 cm³/mol. The normalized spacial score (nSPS) is 15.1. The molecule has 0 bridgehead atoms. The van der Waals surface area contributed by atoms with Crippen molar-refractivity contribution in [3.05, 3.63) is 101 Å². The van der Waals surface area contributed by atoms with Crippen molar-refractivity contribution in [1.29, 1.82) is 0 Å². The molecule has 0 spiro atoms. The van der Waals surface area contributed by atoms with Crippen LogP contribution in [0.1, 0.15) is 43.0 Å². The van der Waals surface area contributed by atoms with E-state index in [2.05, 4.69) is 51.0 Å². The van der Waals surface area contributed by atoms with Crippen LogP contribution in [0.5, 0.6) is 11.5 Å². The van der Waals surface area contributed by atoms with Crippen molar-refractivity contribution in [1.82, 2.24) is 4.90 Å².